The van der Waals surface area contributed by atoms with Crippen molar-refractivity contribution in [2.75, 3.05) is 13.1 Å². The molecule has 0 aromatic heterocycles. The third kappa shape index (κ3) is 2.46. The molecule has 0 aliphatic carbocycles. The largest absolute Gasteiger partial charge is 0.316 e. The molecule has 0 amide bonds. The summed E-state index contributed by atoms with van der Waals surface area (Å²) in [6.45, 7) is 11.5. The SMILES string of the molecule is Cc1ccc(C(C)(C)C)cc1CC1CNC1. The molecular formula is C15H23N. The topological polar surface area (TPSA) is 12.0 Å². The standard InChI is InChI=1S/C15H23N/c1-11-5-6-14(15(2,3)4)8-13(11)7-12-9-16-10-12/h5-6,8,12,16H,7,9-10H2,1-4H3. The molecule has 1 aromatic carbocycles. The van der Waals surface area contributed by atoms with E-state index < -0.39 is 0 Å². The minimum atomic E-state index is 0.264. The van der Waals surface area contributed by atoms with E-state index in [0.29, 0.717) is 0 Å². The van der Waals surface area contributed by atoms with Gasteiger partial charge in [0, 0.05) is 0 Å². The van der Waals surface area contributed by atoms with E-state index in [0.717, 1.165) is 5.92 Å². The highest BCUT2D eigenvalue weighted by Crippen LogP contribution is 2.26. The molecule has 0 saturated carbocycles. The molecule has 0 spiro atoms. The Labute approximate surface area is 99.3 Å². The van der Waals surface area contributed by atoms with Gasteiger partial charge >= 0.3 is 0 Å². The zero-order valence-corrected chi connectivity index (χ0v) is 10.9. The normalized spacial score (nSPS) is 17.2. The van der Waals surface area contributed by atoms with E-state index in [2.05, 4.69) is 51.2 Å². The van der Waals surface area contributed by atoms with Gasteiger partial charge in [-0.1, -0.05) is 39.0 Å². The van der Waals surface area contributed by atoms with E-state index in [-0.39, 0.29) is 5.41 Å². The number of rotatable bonds is 2. The van der Waals surface area contributed by atoms with Gasteiger partial charge < -0.3 is 5.32 Å². The lowest BCUT2D eigenvalue weighted by atomic mass is 9.83. The van der Waals surface area contributed by atoms with Gasteiger partial charge in [0.05, 0.1) is 0 Å². The minimum absolute atomic E-state index is 0.264. The zero-order valence-electron chi connectivity index (χ0n) is 10.9. The smallest absolute Gasteiger partial charge is 0.000506 e. The molecule has 1 aliphatic rings. The van der Waals surface area contributed by atoms with Crippen molar-refractivity contribution in [1.82, 2.24) is 5.32 Å². The number of benzene rings is 1. The molecule has 1 aromatic rings. The number of aryl methyl sites for hydroxylation is 1. The number of hydrogen-bond donors (Lipinski definition) is 1. The molecule has 0 unspecified atom stereocenters. The Morgan fingerprint density at radius 2 is 1.94 bits per heavy atom. The maximum Gasteiger partial charge on any atom is -0.000506 e. The second-order valence-electron chi connectivity index (χ2n) is 6.12. The molecular weight excluding hydrogens is 194 g/mol. The van der Waals surface area contributed by atoms with Crippen LogP contribution in [-0.4, -0.2) is 13.1 Å². The van der Waals surface area contributed by atoms with Gasteiger partial charge in [-0.25, -0.2) is 0 Å². The van der Waals surface area contributed by atoms with E-state index in [1.54, 1.807) is 5.56 Å². The Morgan fingerprint density at radius 3 is 2.44 bits per heavy atom. The van der Waals surface area contributed by atoms with Gasteiger partial charge in [-0.3, -0.25) is 0 Å². The fourth-order valence-corrected chi connectivity index (χ4v) is 2.16. The van der Waals surface area contributed by atoms with E-state index in [4.69, 9.17) is 0 Å². The molecule has 2 rings (SSSR count). The van der Waals surface area contributed by atoms with Crippen LogP contribution in [0.5, 0.6) is 0 Å². The zero-order chi connectivity index (χ0) is 11.8. The van der Waals surface area contributed by atoms with Crippen LogP contribution in [0, 0.1) is 12.8 Å². The summed E-state index contributed by atoms with van der Waals surface area (Å²) < 4.78 is 0. The summed E-state index contributed by atoms with van der Waals surface area (Å²) in [5.74, 6) is 0.855. The lowest BCUT2D eigenvalue weighted by molar-refractivity contribution is 0.346. The molecule has 0 radical (unpaired) electrons. The Bertz CT molecular complexity index is 370. The summed E-state index contributed by atoms with van der Waals surface area (Å²) in [6, 6.07) is 6.97. The van der Waals surface area contributed by atoms with E-state index in [9.17, 15) is 0 Å². The first-order chi connectivity index (χ1) is 7.47. The highest BCUT2D eigenvalue weighted by atomic mass is 14.9. The summed E-state index contributed by atoms with van der Waals surface area (Å²) in [5, 5.41) is 3.35. The van der Waals surface area contributed by atoms with Crippen molar-refractivity contribution in [2.45, 2.75) is 39.5 Å². The quantitative estimate of drug-likeness (QED) is 0.803. The monoisotopic (exact) mass is 217 g/mol. The Balaban J connectivity index is 2.21. The summed E-state index contributed by atoms with van der Waals surface area (Å²) in [5.41, 5.74) is 4.71. The number of nitrogens with one attached hydrogen (secondary N) is 1. The molecule has 88 valence electrons. The summed E-state index contributed by atoms with van der Waals surface area (Å²) in [7, 11) is 0. The van der Waals surface area contributed by atoms with Crippen molar-refractivity contribution >= 4 is 0 Å². The maximum absolute atomic E-state index is 3.35. The van der Waals surface area contributed by atoms with Crippen LogP contribution in [-0.2, 0) is 11.8 Å². The Hall–Kier alpha value is -0.820. The first-order valence-corrected chi connectivity index (χ1v) is 6.27. The van der Waals surface area contributed by atoms with Crippen molar-refractivity contribution in [3.8, 4) is 0 Å². The van der Waals surface area contributed by atoms with Crippen LogP contribution in [0.1, 0.15) is 37.5 Å². The van der Waals surface area contributed by atoms with E-state index in [1.165, 1.54) is 30.6 Å². The summed E-state index contributed by atoms with van der Waals surface area (Å²) >= 11 is 0. The minimum Gasteiger partial charge on any atom is -0.316 e. The van der Waals surface area contributed by atoms with E-state index in [1.807, 2.05) is 0 Å². The summed E-state index contributed by atoms with van der Waals surface area (Å²) in [4.78, 5) is 0. The number of hydrogen-bond acceptors (Lipinski definition) is 1. The van der Waals surface area contributed by atoms with Gasteiger partial charge in [-0.15, -0.1) is 0 Å². The fourth-order valence-electron chi connectivity index (χ4n) is 2.16. The molecule has 1 N–H and O–H groups in total. The van der Waals surface area contributed by atoms with Crippen LogP contribution in [0.2, 0.25) is 0 Å². The fraction of sp³-hybridized carbons (Fsp3) is 0.600. The average molecular weight is 217 g/mol. The van der Waals surface area contributed by atoms with Crippen molar-refractivity contribution in [2.24, 2.45) is 5.92 Å². The summed E-state index contributed by atoms with van der Waals surface area (Å²) in [6.07, 6.45) is 1.24. The van der Waals surface area contributed by atoms with E-state index >= 15 is 0 Å². The first kappa shape index (κ1) is 11.7. The lowest BCUT2D eigenvalue weighted by Crippen LogP contribution is -2.43. The van der Waals surface area contributed by atoms with Crippen LogP contribution >= 0.6 is 0 Å². The molecule has 0 atom stereocenters. The van der Waals surface area contributed by atoms with Crippen LogP contribution in [0.4, 0.5) is 0 Å². The maximum atomic E-state index is 3.35. The van der Waals surface area contributed by atoms with Gasteiger partial charge in [0.25, 0.3) is 0 Å². The highest BCUT2D eigenvalue weighted by molar-refractivity contribution is 5.35. The van der Waals surface area contributed by atoms with Gasteiger partial charge in [0.15, 0.2) is 0 Å². The Morgan fingerprint density at radius 1 is 1.25 bits per heavy atom. The van der Waals surface area contributed by atoms with Crippen molar-refractivity contribution in [3.05, 3.63) is 34.9 Å². The van der Waals surface area contributed by atoms with Crippen LogP contribution < -0.4 is 5.32 Å². The van der Waals surface area contributed by atoms with Gasteiger partial charge in [0.1, 0.15) is 0 Å². The molecule has 1 heterocycles. The third-order valence-electron chi connectivity index (χ3n) is 3.59. The lowest BCUT2D eigenvalue weighted by Gasteiger charge is -2.28. The van der Waals surface area contributed by atoms with Crippen LogP contribution in [0.25, 0.3) is 0 Å². The highest BCUT2D eigenvalue weighted by Gasteiger charge is 2.19. The van der Waals surface area contributed by atoms with Crippen molar-refractivity contribution in [1.29, 1.82) is 0 Å². The van der Waals surface area contributed by atoms with Crippen LogP contribution in [0.3, 0.4) is 0 Å². The molecule has 16 heavy (non-hydrogen) atoms. The second-order valence-corrected chi connectivity index (χ2v) is 6.12. The third-order valence-corrected chi connectivity index (χ3v) is 3.59. The van der Waals surface area contributed by atoms with Crippen molar-refractivity contribution in [3.63, 3.8) is 0 Å². The van der Waals surface area contributed by atoms with Crippen molar-refractivity contribution < 1.29 is 0 Å². The Kier molecular flexibility index (Phi) is 3.07. The first-order valence-electron chi connectivity index (χ1n) is 6.27. The predicted molar refractivity (Wildman–Crippen MR) is 69.9 cm³/mol. The molecule has 1 aliphatic heterocycles. The van der Waals surface area contributed by atoms with Gasteiger partial charge in [0.2, 0.25) is 0 Å². The average Bonchev–Trinajstić information content (AvgIpc) is 2.11. The van der Waals surface area contributed by atoms with Gasteiger partial charge in [-0.05, 0) is 54.5 Å². The molecule has 1 fully saturated rings. The molecule has 0 bridgehead atoms. The van der Waals surface area contributed by atoms with Gasteiger partial charge in [-0.2, -0.15) is 0 Å². The molecule has 1 nitrogen and oxygen atoms in total. The molecule has 1 heteroatoms. The molecule has 1 saturated heterocycles. The predicted octanol–water partition coefficient (Wildman–Crippen LogP) is 3.05. The van der Waals surface area contributed by atoms with Crippen LogP contribution in [0.15, 0.2) is 18.2 Å². The second kappa shape index (κ2) is 4.21.